The predicted molar refractivity (Wildman–Crippen MR) is 137 cm³/mol. The first kappa shape index (κ1) is 24.7. The molecule has 36 heavy (non-hydrogen) atoms. The molecular formula is C29H28N4O3. The maximum absolute atomic E-state index is 13.0. The van der Waals surface area contributed by atoms with Gasteiger partial charge in [0.2, 0.25) is 6.23 Å². The number of hydrogen-bond donors (Lipinski definition) is 1. The molecule has 1 unspecified atom stereocenters. The van der Waals surface area contributed by atoms with Crippen LogP contribution in [-0.2, 0) is 22.7 Å². The van der Waals surface area contributed by atoms with E-state index >= 15 is 0 Å². The summed E-state index contributed by atoms with van der Waals surface area (Å²) >= 11 is 0. The van der Waals surface area contributed by atoms with Gasteiger partial charge in [-0.25, -0.2) is 4.68 Å². The monoisotopic (exact) mass is 480 g/mol. The number of aromatic nitrogens is 2. The van der Waals surface area contributed by atoms with Crippen LogP contribution in [0.5, 0.6) is 5.75 Å². The molecule has 7 heteroatoms. The van der Waals surface area contributed by atoms with Crippen molar-refractivity contribution in [2.45, 2.75) is 33.2 Å². The lowest BCUT2D eigenvalue weighted by molar-refractivity contribution is -0.139. The number of carbonyl (C=O) groups excluding carboxylic acids is 1. The van der Waals surface area contributed by atoms with E-state index in [1.54, 1.807) is 16.8 Å². The summed E-state index contributed by atoms with van der Waals surface area (Å²) in [6.45, 7) is 4.89. The van der Waals surface area contributed by atoms with Gasteiger partial charge in [0.05, 0.1) is 17.3 Å². The molecule has 7 nitrogen and oxygen atoms in total. The zero-order chi connectivity index (χ0) is 25.3. The minimum atomic E-state index is -0.918. The van der Waals surface area contributed by atoms with Crippen molar-refractivity contribution in [1.82, 2.24) is 15.1 Å². The van der Waals surface area contributed by atoms with Gasteiger partial charge in [-0.3, -0.25) is 4.79 Å². The molecule has 0 bridgehead atoms. The van der Waals surface area contributed by atoms with Gasteiger partial charge in [-0.15, -0.1) is 0 Å². The zero-order valence-corrected chi connectivity index (χ0v) is 20.3. The highest BCUT2D eigenvalue weighted by atomic mass is 16.5. The number of aryl methyl sites for hydroxylation is 1. The van der Waals surface area contributed by atoms with Crippen molar-refractivity contribution in [3.8, 4) is 23.1 Å². The zero-order valence-electron chi connectivity index (χ0n) is 20.3. The first-order valence-electron chi connectivity index (χ1n) is 11.8. The Kier molecular flexibility index (Phi) is 8.12. The molecule has 1 heterocycles. The number of para-hydroxylation sites is 1. The second-order valence-corrected chi connectivity index (χ2v) is 8.25. The average Bonchev–Trinajstić information content (AvgIpc) is 3.31. The molecule has 3 aromatic carbocycles. The number of benzene rings is 3. The van der Waals surface area contributed by atoms with Crippen LogP contribution < -0.4 is 10.1 Å². The van der Waals surface area contributed by atoms with E-state index in [1.165, 1.54) is 0 Å². The maximum Gasteiger partial charge on any atom is 0.272 e. The topological polar surface area (TPSA) is 89.2 Å². The summed E-state index contributed by atoms with van der Waals surface area (Å²) in [6.07, 6.45) is 0.892. The third-order valence-corrected chi connectivity index (χ3v) is 5.63. The highest BCUT2D eigenvalue weighted by Crippen LogP contribution is 2.32. The van der Waals surface area contributed by atoms with E-state index in [9.17, 15) is 4.79 Å². The summed E-state index contributed by atoms with van der Waals surface area (Å²) in [5.41, 5.74) is 5.01. The first-order chi connectivity index (χ1) is 17.6. The number of nitriles is 1. The van der Waals surface area contributed by atoms with Gasteiger partial charge in [0.15, 0.2) is 0 Å². The van der Waals surface area contributed by atoms with Crippen LogP contribution in [0.4, 0.5) is 0 Å². The van der Waals surface area contributed by atoms with Crippen molar-refractivity contribution in [3.63, 3.8) is 0 Å². The fourth-order valence-electron chi connectivity index (χ4n) is 3.80. The smallest absolute Gasteiger partial charge is 0.272 e. The number of nitrogens with zero attached hydrogens (tertiary/aromatic N) is 3. The van der Waals surface area contributed by atoms with Crippen LogP contribution in [0.1, 0.15) is 35.4 Å². The maximum atomic E-state index is 13.0. The Morgan fingerprint density at radius 3 is 2.47 bits per heavy atom. The molecule has 1 atom stereocenters. The largest absolute Gasteiger partial charge is 0.488 e. The SMILES string of the molecule is CCOC(C(=O)NCc1ccc(C#N)cc1)n1cc(C)c(-c2ccccc2OCc2ccccc2)n1. The van der Waals surface area contributed by atoms with Crippen LogP contribution in [0.25, 0.3) is 11.3 Å². The number of rotatable bonds is 10. The lowest BCUT2D eigenvalue weighted by atomic mass is 10.1. The second-order valence-electron chi connectivity index (χ2n) is 8.25. The van der Waals surface area contributed by atoms with E-state index in [0.29, 0.717) is 31.1 Å². The standard InChI is InChI=1S/C29H28N4O3/c1-3-35-29(28(34)31-18-23-15-13-22(17-30)14-16-23)33-19-21(2)27(32-33)25-11-7-8-12-26(25)36-20-24-9-5-4-6-10-24/h4-16,19,29H,3,18,20H2,1-2H3,(H,31,34). The Bertz CT molecular complexity index is 1340. The van der Waals surface area contributed by atoms with Gasteiger partial charge in [-0.2, -0.15) is 10.4 Å². The van der Waals surface area contributed by atoms with Crippen molar-refractivity contribution in [2.24, 2.45) is 0 Å². The normalized spacial score (nSPS) is 11.5. The number of hydrogen-bond acceptors (Lipinski definition) is 5. The summed E-state index contributed by atoms with van der Waals surface area (Å²) in [7, 11) is 0. The molecule has 0 aliphatic rings. The van der Waals surface area contributed by atoms with Gasteiger partial charge in [-0.05, 0) is 54.8 Å². The number of amides is 1. The van der Waals surface area contributed by atoms with E-state index in [4.69, 9.17) is 19.8 Å². The average molecular weight is 481 g/mol. The third-order valence-electron chi connectivity index (χ3n) is 5.63. The van der Waals surface area contributed by atoms with Crippen molar-refractivity contribution in [2.75, 3.05) is 6.61 Å². The minimum Gasteiger partial charge on any atom is -0.488 e. The van der Waals surface area contributed by atoms with Gasteiger partial charge in [0, 0.05) is 24.9 Å². The second kappa shape index (κ2) is 11.8. The Hall–Kier alpha value is -4.41. The van der Waals surface area contributed by atoms with Crippen LogP contribution in [0.3, 0.4) is 0 Å². The Morgan fingerprint density at radius 1 is 1.03 bits per heavy atom. The lowest BCUT2D eigenvalue weighted by Crippen LogP contribution is -2.34. The minimum absolute atomic E-state index is 0.302. The summed E-state index contributed by atoms with van der Waals surface area (Å²) in [6, 6.07) is 26.9. The van der Waals surface area contributed by atoms with E-state index in [1.807, 2.05) is 86.8 Å². The summed E-state index contributed by atoms with van der Waals surface area (Å²) < 4.78 is 13.4. The predicted octanol–water partition coefficient (Wildman–Crippen LogP) is 5.16. The van der Waals surface area contributed by atoms with E-state index in [2.05, 4.69) is 11.4 Å². The van der Waals surface area contributed by atoms with Gasteiger partial charge >= 0.3 is 0 Å². The van der Waals surface area contributed by atoms with Crippen LogP contribution in [0, 0.1) is 18.3 Å². The fraction of sp³-hybridized carbons (Fsp3) is 0.207. The van der Waals surface area contributed by atoms with Crippen LogP contribution in [0.2, 0.25) is 0 Å². The fourth-order valence-corrected chi connectivity index (χ4v) is 3.80. The molecule has 0 fully saturated rings. The highest BCUT2D eigenvalue weighted by Gasteiger charge is 2.24. The molecule has 1 N–H and O–H groups in total. The third kappa shape index (κ3) is 5.98. The lowest BCUT2D eigenvalue weighted by Gasteiger charge is -2.17. The van der Waals surface area contributed by atoms with Gasteiger partial charge in [0.1, 0.15) is 12.4 Å². The molecule has 4 aromatic rings. The van der Waals surface area contributed by atoms with E-state index in [0.717, 1.165) is 27.9 Å². The molecule has 0 radical (unpaired) electrons. The molecule has 0 saturated carbocycles. The Morgan fingerprint density at radius 2 is 1.75 bits per heavy atom. The van der Waals surface area contributed by atoms with Gasteiger partial charge < -0.3 is 14.8 Å². The van der Waals surface area contributed by atoms with E-state index < -0.39 is 6.23 Å². The van der Waals surface area contributed by atoms with Gasteiger partial charge in [0.25, 0.3) is 5.91 Å². The van der Waals surface area contributed by atoms with Crippen LogP contribution in [-0.4, -0.2) is 22.3 Å². The Labute approximate surface area is 210 Å². The highest BCUT2D eigenvalue weighted by molar-refractivity contribution is 5.79. The summed E-state index contributed by atoms with van der Waals surface area (Å²) in [5, 5.41) is 16.6. The van der Waals surface area contributed by atoms with Crippen molar-refractivity contribution in [1.29, 1.82) is 5.26 Å². The molecule has 1 amide bonds. The number of nitrogens with one attached hydrogen (secondary N) is 1. The van der Waals surface area contributed by atoms with Crippen LogP contribution in [0.15, 0.2) is 85.1 Å². The molecule has 0 aliphatic carbocycles. The van der Waals surface area contributed by atoms with E-state index in [-0.39, 0.29) is 5.91 Å². The van der Waals surface area contributed by atoms with Crippen molar-refractivity contribution in [3.05, 3.63) is 107 Å². The molecule has 0 saturated heterocycles. The molecule has 4 rings (SSSR count). The molecular weight excluding hydrogens is 452 g/mol. The summed E-state index contributed by atoms with van der Waals surface area (Å²) in [5.74, 6) is 0.414. The van der Waals surface area contributed by atoms with Crippen LogP contribution >= 0.6 is 0 Å². The number of ether oxygens (including phenoxy) is 2. The molecule has 0 spiro atoms. The van der Waals surface area contributed by atoms with Crippen molar-refractivity contribution >= 4 is 5.91 Å². The van der Waals surface area contributed by atoms with Crippen molar-refractivity contribution < 1.29 is 14.3 Å². The summed E-state index contributed by atoms with van der Waals surface area (Å²) in [4.78, 5) is 13.0. The molecule has 0 aliphatic heterocycles. The molecule has 1 aromatic heterocycles. The quantitative estimate of drug-likeness (QED) is 0.339. The molecule has 182 valence electrons. The Balaban J connectivity index is 1.52. The first-order valence-corrected chi connectivity index (χ1v) is 11.8. The number of carbonyl (C=O) groups is 1. The van der Waals surface area contributed by atoms with Gasteiger partial charge in [-0.1, -0.05) is 54.6 Å².